The predicted molar refractivity (Wildman–Crippen MR) is 76.7 cm³/mol. The first kappa shape index (κ1) is 13.2. The maximum atomic E-state index is 11.4. The van der Waals surface area contributed by atoms with E-state index in [0.717, 1.165) is 11.3 Å². The topological polar surface area (TPSA) is 81.4 Å². The highest BCUT2D eigenvalue weighted by atomic mass is 16.5. The van der Waals surface area contributed by atoms with E-state index in [2.05, 4.69) is 20.6 Å². The number of rotatable bonds is 4. The molecule has 1 amide bonds. The van der Waals surface area contributed by atoms with E-state index in [1.165, 1.54) is 7.11 Å². The molecule has 21 heavy (non-hydrogen) atoms. The van der Waals surface area contributed by atoms with Crippen LogP contribution in [-0.4, -0.2) is 39.4 Å². The molecule has 2 heterocycles. The van der Waals surface area contributed by atoms with Crippen molar-refractivity contribution >= 4 is 17.2 Å². The first-order valence-corrected chi connectivity index (χ1v) is 6.32. The van der Waals surface area contributed by atoms with Gasteiger partial charge in [0.2, 0.25) is 5.91 Å². The van der Waals surface area contributed by atoms with Crippen molar-refractivity contribution in [2.24, 2.45) is 0 Å². The number of amides is 1. The summed E-state index contributed by atoms with van der Waals surface area (Å²) in [5.74, 6) is -0.186. The minimum Gasteiger partial charge on any atom is -0.375 e. The van der Waals surface area contributed by atoms with E-state index in [1.54, 1.807) is 10.8 Å². The van der Waals surface area contributed by atoms with Gasteiger partial charge in [-0.05, 0) is 24.3 Å². The van der Waals surface area contributed by atoms with E-state index in [9.17, 15) is 4.79 Å². The second-order valence-electron chi connectivity index (χ2n) is 4.41. The summed E-state index contributed by atoms with van der Waals surface area (Å²) >= 11 is 0. The van der Waals surface area contributed by atoms with Crippen LogP contribution in [0.4, 0.5) is 5.69 Å². The number of carbonyl (C=O) groups is 1. The Morgan fingerprint density at radius 1 is 1.24 bits per heavy atom. The van der Waals surface area contributed by atoms with Crippen molar-refractivity contribution in [3.05, 3.63) is 42.7 Å². The predicted octanol–water partition coefficient (Wildman–Crippen LogP) is 1.38. The molecule has 0 spiro atoms. The van der Waals surface area contributed by atoms with Gasteiger partial charge in [0, 0.05) is 18.4 Å². The number of aromatic nitrogens is 4. The largest absolute Gasteiger partial charge is 0.375 e. The molecule has 0 atom stereocenters. The number of carbonyl (C=O) groups excluding carboxylic acids is 1. The first-order valence-electron chi connectivity index (χ1n) is 6.32. The van der Waals surface area contributed by atoms with Crippen LogP contribution in [0.2, 0.25) is 0 Å². The second kappa shape index (κ2) is 5.68. The van der Waals surface area contributed by atoms with Crippen LogP contribution >= 0.6 is 0 Å². The van der Waals surface area contributed by atoms with E-state index in [4.69, 9.17) is 4.74 Å². The zero-order chi connectivity index (χ0) is 14.7. The van der Waals surface area contributed by atoms with Gasteiger partial charge in [-0.1, -0.05) is 12.1 Å². The average Bonchev–Trinajstić information content (AvgIpc) is 2.95. The summed E-state index contributed by atoms with van der Waals surface area (Å²) in [6, 6.07) is 11.1. The van der Waals surface area contributed by atoms with Crippen LogP contribution in [0.15, 0.2) is 42.7 Å². The van der Waals surface area contributed by atoms with E-state index in [0.29, 0.717) is 11.3 Å². The third-order valence-electron chi connectivity index (χ3n) is 2.90. The molecule has 2 aromatic heterocycles. The minimum atomic E-state index is -0.186. The highest BCUT2D eigenvalue weighted by Crippen LogP contribution is 2.19. The summed E-state index contributed by atoms with van der Waals surface area (Å²) in [5, 5.41) is 14.8. The number of fused-ring (bicyclic) bond motifs is 1. The lowest BCUT2D eigenvalue weighted by molar-refractivity contribution is -0.119. The van der Waals surface area contributed by atoms with Crippen molar-refractivity contribution in [2.75, 3.05) is 19.0 Å². The van der Waals surface area contributed by atoms with Crippen LogP contribution in [0, 0.1) is 0 Å². The first-order chi connectivity index (χ1) is 10.3. The number of nitrogens with zero attached hydrogens (tertiary/aromatic N) is 4. The Morgan fingerprint density at radius 3 is 2.81 bits per heavy atom. The Bertz CT molecular complexity index is 766. The number of hydrogen-bond donors (Lipinski definition) is 1. The summed E-state index contributed by atoms with van der Waals surface area (Å²) in [6.07, 6.45) is 1.55. The van der Waals surface area contributed by atoms with E-state index in [1.807, 2.05) is 36.4 Å². The van der Waals surface area contributed by atoms with Gasteiger partial charge in [-0.15, -0.1) is 10.2 Å². The van der Waals surface area contributed by atoms with Crippen molar-refractivity contribution in [1.82, 2.24) is 19.8 Å². The van der Waals surface area contributed by atoms with Gasteiger partial charge in [0.05, 0.1) is 5.69 Å². The van der Waals surface area contributed by atoms with Crippen LogP contribution in [0.5, 0.6) is 0 Å². The molecule has 0 bridgehead atoms. The standard InChI is InChI=1S/C14H13N5O2/c1-21-8-14(20)16-11-4-2-10(3-5-11)12-6-7-13-17-15-9-19(13)18-12/h2-7,9H,8H2,1H3,(H,16,20). The Balaban J connectivity index is 1.81. The van der Waals surface area contributed by atoms with Crippen LogP contribution < -0.4 is 5.32 Å². The molecular formula is C14H13N5O2. The van der Waals surface area contributed by atoms with Crippen LogP contribution in [-0.2, 0) is 9.53 Å². The van der Waals surface area contributed by atoms with Crippen molar-refractivity contribution in [2.45, 2.75) is 0 Å². The molecule has 0 aliphatic heterocycles. The molecule has 1 aromatic carbocycles. The molecule has 0 unspecified atom stereocenters. The molecule has 7 nitrogen and oxygen atoms in total. The monoisotopic (exact) mass is 283 g/mol. The van der Waals surface area contributed by atoms with Crippen LogP contribution in [0.1, 0.15) is 0 Å². The highest BCUT2D eigenvalue weighted by Gasteiger charge is 2.04. The third kappa shape index (κ3) is 2.87. The third-order valence-corrected chi connectivity index (χ3v) is 2.90. The SMILES string of the molecule is COCC(=O)Nc1ccc(-c2ccc3nncn3n2)cc1. The fraction of sp³-hybridized carbons (Fsp3) is 0.143. The minimum absolute atomic E-state index is 0.0353. The Hall–Kier alpha value is -2.80. The van der Waals surface area contributed by atoms with Crippen LogP contribution in [0.25, 0.3) is 16.9 Å². The Labute approximate surface area is 120 Å². The van der Waals surface area contributed by atoms with Crippen molar-refractivity contribution in [3.8, 4) is 11.3 Å². The van der Waals surface area contributed by atoms with Crippen molar-refractivity contribution in [3.63, 3.8) is 0 Å². The van der Waals surface area contributed by atoms with E-state index in [-0.39, 0.29) is 12.5 Å². The smallest absolute Gasteiger partial charge is 0.250 e. The van der Waals surface area contributed by atoms with Crippen molar-refractivity contribution in [1.29, 1.82) is 0 Å². The van der Waals surface area contributed by atoms with Gasteiger partial charge in [0.15, 0.2) is 5.65 Å². The molecule has 0 aliphatic carbocycles. The van der Waals surface area contributed by atoms with Crippen molar-refractivity contribution < 1.29 is 9.53 Å². The fourth-order valence-electron chi connectivity index (χ4n) is 1.93. The molecule has 0 fully saturated rings. The molecule has 0 saturated carbocycles. The maximum Gasteiger partial charge on any atom is 0.250 e. The number of hydrogen-bond acceptors (Lipinski definition) is 5. The number of ether oxygens (including phenoxy) is 1. The molecule has 7 heteroatoms. The maximum absolute atomic E-state index is 11.4. The van der Waals surface area contributed by atoms with Crippen LogP contribution in [0.3, 0.4) is 0 Å². The van der Waals surface area contributed by atoms with Gasteiger partial charge in [0.25, 0.3) is 0 Å². The lowest BCUT2D eigenvalue weighted by atomic mass is 10.1. The molecule has 0 aliphatic rings. The lowest BCUT2D eigenvalue weighted by Crippen LogP contribution is -2.16. The summed E-state index contributed by atoms with van der Waals surface area (Å²) in [6.45, 7) is 0.0353. The number of benzene rings is 1. The molecule has 3 rings (SSSR count). The Morgan fingerprint density at radius 2 is 2.05 bits per heavy atom. The van der Waals surface area contributed by atoms with Gasteiger partial charge in [-0.2, -0.15) is 9.61 Å². The number of nitrogens with one attached hydrogen (secondary N) is 1. The molecule has 1 N–H and O–H groups in total. The zero-order valence-electron chi connectivity index (χ0n) is 11.4. The molecule has 106 valence electrons. The lowest BCUT2D eigenvalue weighted by Gasteiger charge is -2.06. The van der Waals surface area contributed by atoms with Gasteiger partial charge in [-0.3, -0.25) is 4.79 Å². The fourth-order valence-corrected chi connectivity index (χ4v) is 1.93. The summed E-state index contributed by atoms with van der Waals surface area (Å²) in [4.78, 5) is 11.4. The average molecular weight is 283 g/mol. The Kier molecular flexibility index (Phi) is 3.57. The van der Waals surface area contributed by atoms with E-state index >= 15 is 0 Å². The van der Waals surface area contributed by atoms with Gasteiger partial charge in [0.1, 0.15) is 12.9 Å². The summed E-state index contributed by atoms with van der Waals surface area (Å²) in [5.41, 5.74) is 3.15. The zero-order valence-corrected chi connectivity index (χ0v) is 11.4. The quantitative estimate of drug-likeness (QED) is 0.782. The number of methoxy groups -OCH3 is 1. The van der Waals surface area contributed by atoms with Gasteiger partial charge >= 0.3 is 0 Å². The summed E-state index contributed by atoms with van der Waals surface area (Å²) < 4.78 is 6.38. The summed E-state index contributed by atoms with van der Waals surface area (Å²) in [7, 11) is 1.48. The van der Waals surface area contributed by atoms with E-state index < -0.39 is 0 Å². The molecule has 3 aromatic rings. The number of anilines is 1. The molecular weight excluding hydrogens is 270 g/mol. The molecule has 0 radical (unpaired) electrons. The molecule has 0 saturated heterocycles. The normalized spacial score (nSPS) is 10.7. The highest BCUT2D eigenvalue weighted by molar-refractivity contribution is 5.91. The second-order valence-corrected chi connectivity index (χ2v) is 4.41. The van der Waals surface area contributed by atoms with Gasteiger partial charge < -0.3 is 10.1 Å². The van der Waals surface area contributed by atoms with Gasteiger partial charge in [-0.25, -0.2) is 0 Å².